The zero-order valence-corrected chi connectivity index (χ0v) is 21.0. The van der Waals surface area contributed by atoms with Gasteiger partial charge in [-0.2, -0.15) is 0 Å². The summed E-state index contributed by atoms with van der Waals surface area (Å²) < 4.78 is 5.59. The minimum absolute atomic E-state index is 0.106. The molecule has 0 unspecified atom stereocenters. The van der Waals surface area contributed by atoms with E-state index in [9.17, 15) is 4.79 Å². The van der Waals surface area contributed by atoms with Crippen molar-refractivity contribution < 1.29 is 0 Å². The van der Waals surface area contributed by atoms with Crippen LogP contribution in [0.2, 0.25) is 0 Å². The van der Waals surface area contributed by atoms with Crippen molar-refractivity contribution in [3.8, 4) is 17.3 Å². The highest BCUT2D eigenvalue weighted by molar-refractivity contribution is 5.57. The lowest BCUT2D eigenvalue weighted by atomic mass is 9.78. The van der Waals surface area contributed by atoms with Crippen molar-refractivity contribution in [2.75, 3.05) is 0 Å². The number of allylic oxidation sites excluding steroid dienone is 2. The lowest BCUT2D eigenvalue weighted by Gasteiger charge is -2.31. The fraction of sp³-hybridized carbons (Fsp3) is 0.346. The van der Waals surface area contributed by atoms with Crippen molar-refractivity contribution in [1.29, 1.82) is 0 Å². The fourth-order valence-corrected chi connectivity index (χ4v) is 4.69. The van der Waals surface area contributed by atoms with E-state index in [1.54, 1.807) is 10.8 Å². The normalized spacial score (nSPS) is 14.8. The third-order valence-electron chi connectivity index (χ3n) is 6.52. The molecule has 1 aliphatic rings. The number of nitrogens with zero attached hydrogens (tertiary/aromatic N) is 7. The van der Waals surface area contributed by atoms with Gasteiger partial charge in [0, 0.05) is 41.9 Å². The molecule has 3 aromatic heterocycles. The average Bonchev–Trinajstić information content (AvgIpc) is 3.62. The maximum atomic E-state index is 13.9. The van der Waals surface area contributed by atoms with Crippen molar-refractivity contribution in [3.63, 3.8) is 0 Å². The molecule has 2 N–H and O–H groups in total. The second-order valence-corrected chi connectivity index (χ2v) is 10.1. The van der Waals surface area contributed by atoms with Crippen LogP contribution in [0.1, 0.15) is 45.4 Å². The Balaban J connectivity index is 1.63. The largest absolute Gasteiger partial charge is 0.368 e. The molecular weight excluding hydrogens is 454 g/mol. The Morgan fingerprint density at radius 3 is 2.64 bits per heavy atom. The number of aryl methyl sites for hydroxylation is 1. The number of nitrogens with one attached hydrogen (secondary N) is 2. The van der Waals surface area contributed by atoms with E-state index in [0.29, 0.717) is 18.3 Å². The van der Waals surface area contributed by atoms with Crippen LogP contribution in [-0.4, -0.2) is 39.3 Å². The SMILES string of the molecule is CCCc1cn(-c2nccn2C(C)(C)C)c(=O)n1CC1(c2cccc(-c3nnn[nH]3)c2)C=CNC=C1. The standard InChI is InChI=1S/C26H31N9O/c1-5-7-21-17-33(23-28-14-15-35(23)25(2,3)4)24(36)34(21)18-26(10-12-27-13-11-26)20-9-6-8-19(16-20)22-29-31-32-30-22/h6,8-17,27H,5,7,18H2,1-4H3,(H,29,30,31,32). The molecule has 4 aromatic rings. The van der Waals surface area contributed by atoms with Gasteiger partial charge in [0.25, 0.3) is 0 Å². The molecule has 0 atom stereocenters. The Labute approximate surface area is 209 Å². The van der Waals surface area contributed by atoms with E-state index in [1.807, 2.05) is 46.1 Å². The summed E-state index contributed by atoms with van der Waals surface area (Å²) in [5.74, 6) is 1.21. The summed E-state index contributed by atoms with van der Waals surface area (Å²) in [6.45, 7) is 8.87. The second kappa shape index (κ2) is 9.10. The number of imidazole rings is 2. The van der Waals surface area contributed by atoms with Crippen molar-refractivity contribution in [2.24, 2.45) is 0 Å². The molecule has 4 heterocycles. The van der Waals surface area contributed by atoms with Gasteiger partial charge >= 0.3 is 5.69 Å². The van der Waals surface area contributed by atoms with Crippen LogP contribution in [-0.2, 0) is 23.9 Å². The maximum absolute atomic E-state index is 13.9. The van der Waals surface area contributed by atoms with Crippen LogP contribution in [0.25, 0.3) is 17.3 Å². The van der Waals surface area contributed by atoms with Crippen LogP contribution >= 0.6 is 0 Å². The molecule has 1 aliphatic heterocycles. The number of dihydropyridines is 1. The van der Waals surface area contributed by atoms with Crippen molar-refractivity contribution in [3.05, 3.63) is 89.1 Å². The third kappa shape index (κ3) is 4.19. The van der Waals surface area contributed by atoms with E-state index in [4.69, 9.17) is 0 Å². The number of rotatable bonds is 7. The molecule has 0 bridgehead atoms. The predicted octanol–water partition coefficient (Wildman–Crippen LogP) is 3.29. The predicted molar refractivity (Wildman–Crippen MR) is 138 cm³/mol. The monoisotopic (exact) mass is 485 g/mol. The number of hydrogen-bond acceptors (Lipinski definition) is 6. The topological polar surface area (TPSA) is 111 Å². The zero-order chi connectivity index (χ0) is 25.3. The first-order valence-corrected chi connectivity index (χ1v) is 12.1. The van der Waals surface area contributed by atoms with E-state index in [-0.39, 0.29) is 11.2 Å². The lowest BCUT2D eigenvalue weighted by Crippen LogP contribution is -2.37. The Bertz CT molecular complexity index is 1450. The van der Waals surface area contributed by atoms with E-state index in [1.165, 1.54) is 0 Å². The highest BCUT2D eigenvalue weighted by atomic mass is 16.1. The molecule has 0 fully saturated rings. The van der Waals surface area contributed by atoms with Gasteiger partial charge in [0.15, 0.2) is 5.82 Å². The minimum atomic E-state index is -0.549. The number of hydrogen-bond donors (Lipinski definition) is 2. The molecule has 0 spiro atoms. The van der Waals surface area contributed by atoms with Crippen molar-refractivity contribution >= 4 is 0 Å². The summed E-state index contributed by atoms with van der Waals surface area (Å²) in [7, 11) is 0. The molecule has 10 nitrogen and oxygen atoms in total. The summed E-state index contributed by atoms with van der Waals surface area (Å²) in [6.07, 6.45) is 15.3. The maximum Gasteiger partial charge on any atom is 0.335 e. The molecule has 5 rings (SSSR count). The number of tetrazole rings is 1. The molecule has 0 saturated heterocycles. The lowest BCUT2D eigenvalue weighted by molar-refractivity contribution is 0.390. The number of aromatic nitrogens is 8. The molecule has 186 valence electrons. The second-order valence-electron chi connectivity index (χ2n) is 10.1. The van der Waals surface area contributed by atoms with Gasteiger partial charge in [-0.1, -0.05) is 43.7 Å². The fourth-order valence-electron chi connectivity index (χ4n) is 4.69. The van der Waals surface area contributed by atoms with E-state index < -0.39 is 5.41 Å². The number of aromatic amines is 1. The highest BCUT2D eigenvalue weighted by Gasteiger charge is 2.32. The Hall–Kier alpha value is -4.21. The van der Waals surface area contributed by atoms with Gasteiger partial charge < -0.3 is 9.88 Å². The summed E-state index contributed by atoms with van der Waals surface area (Å²) >= 11 is 0. The summed E-state index contributed by atoms with van der Waals surface area (Å²) in [5.41, 5.74) is 2.02. The van der Waals surface area contributed by atoms with Crippen molar-refractivity contribution in [1.82, 2.24) is 44.6 Å². The first-order valence-electron chi connectivity index (χ1n) is 12.1. The van der Waals surface area contributed by atoms with Gasteiger partial charge in [-0.15, -0.1) is 5.10 Å². The molecule has 0 radical (unpaired) electrons. The summed E-state index contributed by atoms with van der Waals surface area (Å²) in [4.78, 5) is 18.5. The Morgan fingerprint density at radius 1 is 1.14 bits per heavy atom. The molecule has 36 heavy (non-hydrogen) atoms. The molecule has 0 saturated carbocycles. The van der Waals surface area contributed by atoms with Gasteiger partial charge in [-0.05, 0) is 61.6 Å². The smallest absolute Gasteiger partial charge is 0.335 e. The van der Waals surface area contributed by atoms with Crippen LogP contribution in [0.15, 0.2) is 72.2 Å². The quantitative estimate of drug-likeness (QED) is 0.416. The number of H-pyrrole nitrogens is 1. The molecule has 0 amide bonds. The van der Waals surface area contributed by atoms with Gasteiger partial charge in [0.05, 0.1) is 5.41 Å². The van der Waals surface area contributed by atoms with Crippen LogP contribution in [0.5, 0.6) is 0 Å². The van der Waals surface area contributed by atoms with E-state index in [0.717, 1.165) is 29.7 Å². The Kier molecular flexibility index (Phi) is 5.95. The Morgan fingerprint density at radius 2 is 1.94 bits per heavy atom. The van der Waals surface area contributed by atoms with Crippen LogP contribution in [0.3, 0.4) is 0 Å². The van der Waals surface area contributed by atoms with E-state index >= 15 is 0 Å². The molecular formula is C26H31N9O. The van der Waals surface area contributed by atoms with Crippen LogP contribution < -0.4 is 11.0 Å². The van der Waals surface area contributed by atoms with Gasteiger partial charge in [0.2, 0.25) is 5.95 Å². The van der Waals surface area contributed by atoms with Gasteiger partial charge in [-0.3, -0.25) is 4.57 Å². The molecule has 1 aromatic carbocycles. The zero-order valence-electron chi connectivity index (χ0n) is 21.0. The first-order chi connectivity index (χ1) is 17.3. The minimum Gasteiger partial charge on any atom is -0.368 e. The van der Waals surface area contributed by atoms with Gasteiger partial charge in [-0.25, -0.2) is 19.4 Å². The molecule has 10 heteroatoms. The third-order valence-corrected chi connectivity index (χ3v) is 6.52. The number of benzene rings is 1. The first kappa shape index (κ1) is 23.5. The highest BCUT2D eigenvalue weighted by Crippen LogP contribution is 2.33. The van der Waals surface area contributed by atoms with Crippen LogP contribution in [0.4, 0.5) is 0 Å². The summed E-state index contributed by atoms with van der Waals surface area (Å²) in [5, 5.41) is 17.4. The molecule has 0 aliphatic carbocycles. The average molecular weight is 486 g/mol. The summed E-state index contributed by atoms with van der Waals surface area (Å²) in [6, 6.07) is 8.09. The van der Waals surface area contributed by atoms with Gasteiger partial charge in [0.1, 0.15) is 0 Å². The van der Waals surface area contributed by atoms with Crippen LogP contribution in [0, 0.1) is 0 Å². The van der Waals surface area contributed by atoms with Crippen molar-refractivity contribution in [2.45, 2.75) is 58.0 Å². The van der Waals surface area contributed by atoms with E-state index in [2.05, 4.69) is 82.9 Å².